The van der Waals surface area contributed by atoms with Crippen LogP contribution in [0.15, 0.2) is 127 Å². The zero-order valence-corrected chi connectivity index (χ0v) is 25.5. The van der Waals surface area contributed by atoms with Gasteiger partial charge in [-0.2, -0.15) is 0 Å². The molecule has 0 aliphatic rings. The molecule has 45 heavy (non-hydrogen) atoms. The predicted octanol–water partition coefficient (Wildman–Crippen LogP) is 11.4. The first-order valence-corrected chi connectivity index (χ1v) is 15.4. The van der Waals surface area contributed by atoms with Crippen molar-refractivity contribution >= 4 is 43.6 Å². The molecule has 0 aliphatic heterocycles. The van der Waals surface area contributed by atoms with Gasteiger partial charge in [0, 0.05) is 32.9 Å². The molecule has 0 atom stereocenters. The molecule has 2 heterocycles. The van der Waals surface area contributed by atoms with Crippen molar-refractivity contribution in [1.82, 2.24) is 9.13 Å². The van der Waals surface area contributed by atoms with Crippen molar-refractivity contribution in [1.29, 1.82) is 0 Å². The molecular formula is C41H32F2N2. The molecule has 0 spiro atoms. The van der Waals surface area contributed by atoms with Gasteiger partial charge in [-0.05, 0) is 107 Å². The fourth-order valence-corrected chi connectivity index (χ4v) is 6.92. The lowest BCUT2D eigenvalue weighted by molar-refractivity contribution is 0.411. The maximum absolute atomic E-state index is 14.3. The van der Waals surface area contributed by atoms with E-state index in [1.54, 1.807) is 12.1 Å². The van der Waals surface area contributed by atoms with Gasteiger partial charge >= 0.3 is 0 Å². The van der Waals surface area contributed by atoms with Crippen molar-refractivity contribution < 1.29 is 8.78 Å². The Kier molecular flexibility index (Phi) is 6.18. The van der Waals surface area contributed by atoms with E-state index >= 15 is 0 Å². The molecule has 0 unspecified atom stereocenters. The Hall–Kier alpha value is -5.22. The summed E-state index contributed by atoms with van der Waals surface area (Å²) in [5.41, 5.74) is 9.75. The van der Waals surface area contributed by atoms with Crippen LogP contribution in [-0.4, -0.2) is 9.13 Å². The van der Waals surface area contributed by atoms with E-state index in [1.165, 1.54) is 51.6 Å². The van der Waals surface area contributed by atoms with E-state index in [0.29, 0.717) is 10.8 Å². The highest BCUT2D eigenvalue weighted by Crippen LogP contribution is 2.37. The molecule has 0 bridgehead atoms. The highest BCUT2D eigenvalue weighted by molar-refractivity contribution is 6.10. The van der Waals surface area contributed by atoms with Gasteiger partial charge in [0.15, 0.2) is 0 Å². The maximum Gasteiger partial charge on any atom is 0.123 e. The normalized spacial score (nSPS) is 12.2. The van der Waals surface area contributed by atoms with Crippen LogP contribution in [0, 0.1) is 17.0 Å². The number of nitrogens with zero attached hydrogens (tertiary/aromatic N) is 2. The van der Waals surface area contributed by atoms with Crippen molar-refractivity contribution in [2.24, 2.45) is 5.41 Å². The second-order valence-corrected chi connectivity index (χ2v) is 13.2. The van der Waals surface area contributed by atoms with Gasteiger partial charge in [-0.3, -0.25) is 0 Å². The van der Waals surface area contributed by atoms with Crippen LogP contribution in [0.5, 0.6) is 0 Å². The zero-order valence-electron chi connectivity index (χ0n) is 25.5. The molecule has 4 heteroatoms. The minimum atomic E-state index is -0.341. The molecule has 6 aromatic carbocycles. The molecule has 0 N–H and O–H groups in total. The van der Waals surface area contributed by atoms with E-state index in [4.69, 9.17) is 0 Å². The van der Waals surface area contributed by atoms with E-state index in [1.807, 2.05) is 12.1 Å². The third-order valence-electron chi connectivity index (χ3n) is 8.70. The summed E-state index contributed by atoms with van der Waals surface area (Å²) in [7, 11) is 0. The van der Waals surface area contributed by atoms with Crippen LogP contribution in [0.1, 0.15) is 26.3 Å². The summed E-state index contributed by atoms with van der Waals surface area (Å²) in [5.74, 6) is -0.682. The molecule has 0 saturated heterocycles. The first-order valence-electron chi connectivity index (χ1n) is 15.4. The number of halogens is 2. The van der Waals surface area contributed by atoms with Gasteiger partial charge in [0.2, 0.25) is 0 Å². The summed E-state index contributed by atoms with van der Waals surface area (Å²) in [5, 5.41) is 3.89. The quantitative estimate of drug-likeness (QED) is 0.193. The van der Waals surface area contributed by atoms with Crippen LogP contribution in [-0.2, 0) is 6.42 Å². The average molecular weight is 591 g/mol. The molecule has 8 rings (SSSR count). The Morgan fingerprint density at radius 3 is 1.51 bits per heavy atom. The van der Waals surface area contributed by atoms with Crippen LogP contribution in [0.25, 0.3) is 66.1 Å². The van der Waals surface area contributed by atoms with Gasteiger partial charge < -0.3 is 9.13 Å². The van der Waals surface area contributed by atoms with Crippen molar-refractivity contribution in [2.75, 3.05) is 0 Å². The average Bonchev–Trinajstić information content (AvgIpc) is 3.52. The smallest absolute Gasteiger partial charge is 0.123 e. The lowest BCUT2D eigenvalue weighted by atomic mass is 9.88. The summed E-state index contributed by atoms with van der Waals surface area (Å²) in [4.78, 5) is 0. The molecule has 2 aromatic heterocycles. The minimum absolute atomic E-state index is 0.209. The zero-order chi connectivity index (χ0) is 30.9. The molecule has 0 radical (unpaired) electrons. The summed E-state index contributed by atoms with van der Waals surface area (Å²) >= 11 is 0. The molecule has 2 nitrogen and oxygen atoms in total. The Morgan fingerprint density at radius 2 is 0.956 bits per heavy atom. The van der Waals surface area contributed by atoms with Gasteiger partial charge in [-0.1, -0.05) is 69.3 Å². The van der Waals surface area contributed by atoms with E-state index in [9.17, 15) is 8.78 Å². The number of rotatable bonds is 4. The first kappa shape index (κ1) is 27.3. The first-order chi connectivity index (χ1) is 21.7. The number of fused-ring (bicyclic) bond motifs is 6. The van der Waals surface area contributed by atoms with E-state index < -0.39 is 0 Å². The fraction of sp³-hybridized carbons (Fsp3) is 0.122. The monoisotopic (exact) mass is 590 g/mol. The number of hydrogen-bond donors (Lipinski definition) is 0. The fourth-order valence-electron chi connectivity index (χ4n) is 6.92. The number of para-hydroxylation sites is 1. The predicted molar refractivity (Wildman–Crippen MR) is 184 cm³/mol. The van der Waals surface area contributed by atoms with Crippen LogP contribution in [0.2, 0.25) is 0 Å². The van der Waals surface area contributed by atoms with Crippen molar-refractivity contribution in [3.8, 4) is 22.5 Å². The number of benzene rings is 6. The Morgan fingerprint density at radius 1 is 0.467 bits per heavy atom. The van der Waals surface area contributed by atoms with Crippen LogP contribution in [0.3, 0.4) is 0 Å². The lowest BCUT2D eigenvalue weighted by Crippen LogP contribution is -2.08. The lowest BCUT2D eigenvalue weighted by Gasteiger charge is -2.18. The Balaban J connectivity index is 1.27. The van der Waals surface area contributed by atoms with Crippen LogP contribution >= 0.6 is 0 Å². The Bertz CT molecular complexity index is 2360. The third kappa shape index (κ3) is 4.69. The highest BCUT2D eigenvalue weighted by Gasteiger charge is 2.17. The van der Waals surface area contributed by atoms with E-state index in [-0.39, 0.29) is 17.0 Å². The molecule has 220 valence electrons. The van der Waals surface area contributed by atoms with Crippen LogP contribution < -0.4 is 0 Å². The van der Waals surface area contributed by atoms with Crippen molar-refractivity contribution in [3.05, 3.63) is 145 Å². The number of aromatic nitrogens is 2. The largest absolute Gasteiger partial charge is 0.309 e. The highest BCUT2D eigenvalue weighted by atomic mass is 19.1. The maximum atomic E-state index is 14.3. The van der Waals surface area contributed by atoms with Gasteiger partial charge in [0.25, 0.3) is 0 Å². The third-order valence-corrected chi connectivity index (χ3v) is 8.70. The SMILES string of the molecule is CC(C)(C)Cc1ccc2c(c1)c1ccccc1n2-c1cccc(-c2cccc(-n3c4ccc(F)cc4c4cc(F)ccc43)c2)c1. The molecule has 8 aromatic rings. The van der Waals surface area contributed by atoms with Crippen LogP contribution in [0.4, 0.5) is 8.78 Å². The topological polar surface area (TPSA) is 9.86 Å². The van der Waals surface area contributed by atoms with Gasteiger partial charge in [0.1, 0.15) is 11.6 Å². The summed E-state index contributed by atoms with van der Waals surface area (Å²) < 4.78 is 33.0. The molecule has 0 fully saturated rings. The number of hydrogen-bond acceptors (Lipinski definition) is 0. The summed E-state index contributed by atoms with van der Waals surface area (Å²) in [6, 6.07) is 41.9. The standard InChI is InChI=1S/C41H32F2N2/c1-41(2,3)25-26-14-17-38-34(20-26)33-12-4-5-13-37(33)44(38)31-10-6-8-27(21-31)28-9-7-11-32(22-28)45-39-18-15-29(42)23-35(39)36-24-30(43)16-19-40(36)45/h4-24H,25H2,1-3H3. The van der Waals surface area contributed by atoms with E-state index in [0.717, 1.165) is 40.0 Å². The van der Waals surface area contributed by atoms with Crippen molar-refractivity contribution in [3.63, 3.8) is 0 Å². The second kappa shape index (κ2) is 10.2. The second-order valence-electron chi connectivity index (χ2n) is 13.2. The molecule has 0 amide bonds. The van der Waals surface area contributed by atoms with Gasteiger partial charge in [0.05, 0.1) is 22.1 Å². The van der Waals surface area contributed by atoms with E-state index in [2.05, 4.69) is 109 Å². The molecule has 0 saturated carbocycles. The van der Waals surface area contributed by atoms with Crippen molar-refractivity contribution in [2.45, 2.75) is 27.2 Å². The Labute approximate surface area is 260 Å². The summed E-state index contributed by atoms with van der Waals surface area (Å²) in [6.07, 6.45) is 1.02. The molecule has 0 aliphatic carbocycles. The minimum Gasteiger partial charge on any atom is -0.309 e. The summed E-state index contributed by atoms with van der Waals surface area (Å²) in [6.45, 7) is 6.84. The van der Waals surface area contributed by atoms with Gasteiger partial charge in [-0.25, -0.2) is 8.78 Å². The molecular weight excluding hydrogens is 558 g/mol. The van der Waals surface area contributed by atoms with Gasteiger partial charge in [-0.15, -0.1) is 0 Å².